The SMILES string of the molecule is CCN(CCN(NC)C(=O)Nc1nc(CO)cs1)c1c(F)cc(N2C[C@H](CNC(C)=O)OC2=O)cc1F. The van der Waals surface area contributed by atoms with E-state index in [0.29, 0.717) is 10.8 Å². The summed E-state index contributed by atoms with van der Waals surface area (Å²) in [6, 6.07) is 1.56. The van der Waals surface area contributed by atoms with Crippen LogP contribution in [0.25, 0.3) is 0 Å². The number of hydrogen-bond donors (Lipinski definition) is 4. The van der Waals surface area contributed by atoms with Gasteiger partial charge in [0, 0.05) is 44.6 Å². The summed E-state index contributed by atoms with van der Waals surface area (Å²) in [7, 11) is 1.53. The Morgan fingerprint density at radius 1 is 1.30 bits per heavy atom. The number of benzene rings is 1. The van der Waals surface area contributed by atoms with Crippen molar-refractivity contribution in [1.82, 2.24) is 20.7 Å². The van der Waals surface area contributed by atoms with Crippen molar-refractivity contribution in [2.75, 3.05) is 54.9 Å². The maximum absolute atomic E-state index is 15.1. The molecule has 2 aromatic rings. The molecule has 0 aliphatic carbocycles. The second-order valence-corrected chi connectivity index (χ2v) is 8.86. The van der Waals surface area contributed by atoms with Gasteiger partial charge in [0.15, 0.2) is 16.8 Å². The average molecular weight is 542 g/mol. The molecule has 1 fully saturated rings. The van der Waals surface area contributed by atoms with E-state index < -0.39 is 29.9 Å². The minimum absolute atomic E-state index is 0.00736. The van der Waals surface area contributed by atoms with Gasteiger partial charge in [0.2, 0.25) is 5.91 Å². The Morgan fingerprint density at radius 2 is 2.00 bits per heavy atom. The summed E-state index contributed by atoms with van der Waals surface area (Å²) in [5.74, 6) is -2.05. The number of hydrogen-bond acceptors (Lipinski definition) is 9. The summed E-state index contributed by atoms with van der Waals surface area (Å²) in [5.41, 5.74) is 2.85. The van der Waals surface area contributed by atoms with Crippen LogP contribution in [0.1, 0.15) is 19.5 Å². The van der Waals surface area contributed by atoms with E-state index in [1.807, 2.05) is 0 Å². The Kier molecular flexibility index (Phi) is 9.54. The zero-order valence-electron chi connectivity index (χ0n) is 20.6. The van der Waals surface area contributed by atoms with Crippen LogP contribution in [-0.2, 0) is 16.1 Å². The molecule has 0 radical (unpaired) electrons. The number of nitrogens with zero attached hydrogens (tertiary/aromatic N) is 4. The molecule has 0 saturated carbocycles. The summed E-state index contributed by atoms with van der Waals surface area (Å²) in [4.78, 5) is 42.5. The van der Waals surface area contributed by atoms with Gasteiger partial charge in [-0.05, 0) is 6.92 Å². The van der Waals surface area contributed by atoms with E-state index in [1.54, 1.807) is 12.3 Å². The number of aliphatic hydroxyl groups is 1. The smallest absolute Gasteiger partial charge is 0.414 e. The zero-order valence-corrected chi connectivity index (χ0v) is 21.4. The van der Waals surface area contributed by atoms with Gasteiger partial charge in [0.25, 0.3) is 0 Å². The molecule has 1 atom stereocenters. The van der Waals surface area contributed by atoms with Gasteiger partial charge < -0.3 is 20.1 Å². The number of cyclic esters (lactones) is 1. The Labute approximate surface area is 216 Å². The lowest BCUT2D eigenvalue weighted by Crippen LogP contribution is -2.47. The predicted molar refractivity (Wildman–Crippen MR) is 133 cm³/mol. The summed E-state index contributed by atoms with van der Waals surface area (Å²) in [6.07, 6.45) is -1.41. The molecule has 4 N–H and O–H groups in total. The first-order valence-electron chi connectivity index (χ1n) is 11.4. The van der Waals surface area contributed by atoms with Crippen molar-refractivity contribution in [2.24, 2.45) is 0 Å². The highest BCUT2D eigenvalue weighted by Crippen LogP contribution is 2.31. The highest BCUT2D eigenvalue weighted by atomic mass is 32.1. The molecule has 1 aliphatic heterocycles. The third-order valence-electron chi connectivity index (χ3n) is 5.50. The number of aliphatic hydroxyl groups excluding tert-OH is 1. The third-order valence-corrected chi connectivity index (χ3v) is 6.31. The van der Waals surface area contributed by atoms with Crippen LogP contribution >= 0.6 is 11.3 Å². The van der Waals surface area contributed by atoms with E-state index in [4.69, 9.17) is 9.84 Å². The number of nitrogens with one attached hydrogen (secondary N) is 3. The van der Waals surface area contributed by atoms with Crippen LogP contribution in [0.15, 0.2) is 17.5 Å². The lowest BCUT2D eigenvalue weighted by Gasteiger charge is -2.28. The minimum atomic E-state index is -0.880. The lowest BCUT2D eigenvalue weighted by molar-refractivity contribution is -0.119. The maximum Gasteiger partial charge on any atom is 0.414 e. The van der Waals surface area contributed by atoms with Crippen molar-refractivity contribution in [3.05, 3.63) is 34.8 Å². The number of ether oxygens (including phenoxy) is 1. The molecule has 0 unspecified atom stereocenters. The average Bonchev–Trinajstić information content (AvgIpc) is 3.47. The Balaban J connectivity index is 1.67. The molecule has 15 heteroatoms. The van der Waals surface area contributed by atoms with E-state index >= 15 is 8.78 Å². The number of urea groups is 1. The number of thiazole rings is 1. The molecular weight excluding hydrogens is 512 g/mol. The lowest BCUT2D eigenvalue weighted by atomic mass is 10.2. The Hall–Kier alpha value is -3.56. The summed E-state index contributed by atoms with van der Waals surface area (Å²) >= 11 is 1.15. The molecule has 1 aliphatic rings. The summed E-state index contributed by atoms with van der Waals surface area (Å²) in [5, 5.41) is 17.4. The fourth-order valence-electron chi connectivity index (χ4n) is 3.67. The number of likely N-dealkylation sites (N-methyl/N-ethyl adjacent to an activating group) is 1. The first kappa shape index (κ1) is 28.0. The maximum atomic E-state index is 15.1. The second kappa shape index (κ2) is 12.6. The standard InChI is InChI=1S/C22H29F2N7O5S/c1-4-29(5-6-31(25-3)21(34)28-20-27-14(11-32)12-37-20)19-17(23)7-15(8-18(19)24)30-10-16(36-22(30)35)9-26-13(2)33/h7-8,12,16,25,32H,4-6,9-11H2,1-3H3,(H,26,33)(H,27,28,34)/t16-/m0/s1. The molecule has 12 nitrogen and oxygen atoms in total. The summed E-state index contributed by atoms with van der Waals surface area (Å²) in [6.45, 7) is 3.30. The quantitative estimate of drug-likeness (QED) is 0.316. The topological polar surface area (TPSA) is 139 Å². The molecule has 37 heavy (non-hydrogen) atoms. The number of anilines is 3. The molecule has 0 bridgehead atoms. The predicted octanol–water partition coefficient (Wildman–Crippen LogP) is 1.87. The van der Waals surface area contributed by atoms with Gasteiger partial charge in [-0.25, -0.2) is 28.8 Å². The van der Waals surface area contributed by atoms with Gasteiger partial charge >= 0.3 is 12.1 Å². The molecular formula is C22H29F2N7O5S. The normalized spacial score (nSPS) is 14.9. The largest absolute Gasteiger partial charge is 0.442 e. The van der Waals surface area contributed by atoms with E-state index in [1.165, 1.54) is 23.9 Å². The number of aromatic nitrogens is 1. The van der Waals surface area contributed by atoms with Crippen LogP contribution in [0.2, 0.25) is 0 Å². The third kappa shape index (κ3) is 7.02. The van der Waals surface area contributed by atoms with E-state index in [2.05, 4.69) is 21.0 Å². The first-order valence-corrected chi connectivity index (χ1v) is 12.3. The number of carbonyl (C=O) groups excluding carboxylic acids is 3. The molecule has 0 spiro atoms. The van der Waals surface area contributed by atoms with E-state index in [-0.39, 0.29) is 56.6 Å². The number of carbonyl (C=O) groups is 3. The van der Waals surface area contributed by atoms with Gasteiger partial charge in [-0.15, -0.1) is 11.3 Å². The van der Waals surface area contributed by atoms with Crippen LogP contribution in [-0.4, -0.2) is 79.0 Å². The minimum Gasteiger partial charge on any atom is -0.442 e. The van der Waals surface area contributed by atoms with Crippen LogP contribution in [0.3, 0.4) is 0 Å². The van der Waals surface area contributed by atoms with Gasteiger partial charge in [-0.3, -0.25) is 20.0 Å². The van der Waals surface area contributed by atoms with Crippen LogP contribution in [0.5, 0.6) is 0 Å². The fourth-order valence-corrected chi connectivity index (χ4v) is 4.36. The Bertz CT molecular complexity index is 1110. The van der Waals surface area contributed by atoms with Gasteiger partial charge in [-0.1, -0.05) is 0 Å². The number of rotatable bonds is 11. The van der Waals surface area contributed by atoms with Gasteiger partial charge in [0.1, 0.15) is 11.8 Å². The number of halogens is 2. The monoisotopic (exact) mass is 541 g/mol. The van der Waals surface area contributed by atoms with Crippen molar-refractivity contribution < 1.29 is 33.0 Å². The van der Waals surface area contributed by atoms with Crippen LogP contribution in [0, 0.1) is 11.6 Å². The highest BCUT2D eigenvalue weighted by molar-refractivity contribution is 7.13. The molecule has 2 heterocycles. The first-order chi connectivity index (χ1) is 17.7. The highest BCUT2D eigenvalue weighted by Gasteiger charge is 2.33. The molecule has 4 amide bonds. The molecule has 3 rings (SSSR count). The number of hydrazine groups is 1. The second-order valence-electron chi connectivity index (χ2n) is 8.00. The van der Waals surface area contributed by atoms with Crippen molar-refractivity contribution in [3.63, 3.8) is 0 Å². The number of amides is 4. The van der Waals surface area contributed by atoms with Crippen molar-refractivity contribution in [1.29, 1.82) is 0 Å². The van der Waals surface area contributed by atoms with Crippen LogP contribution < -0.4 is 25.9 Å². The van der Waals surface area contributed by atoms with Crippen LogP contribution in [0.4, 0.5) is 34.9 Å². The van der Waals surface area contributed by atoms with E-state index in [9.17, 15) is 14.4 Å². The zero-order chi connectivity index (χ0) is 27.1. The van der Waals surface area contributed by atoms with Crippen molar-refractivity contribution in [3.8, 4) is 0 Å². The molecule has 202 valence electrons. The van der Waals surface area contributed by atoms with Crippen molar-refractivity contribution in [2.45, 2.75) is 26.6 Å². The molecule has 1 aromatic carbocycles. The van der Waals surface area contributed by atoms with Gasteiger partial charge in [0.05, 0.1) is 37.6 Å². The van der Waals surface area contributed by atoms with Gasteiger partial charge in [-0.2, -0.15) is 0 Å². The molecule has 1 aromatic heterocycles. The fraction of sp³-hybridized carbons (Fsp3) is 0.455. The summed E-state index contributed by atoms with van der Waals surface area (Å²) < 4.78 is 35.4. The van der Waals surface area contributed by atoms with Crippen molar-refractivity contribution >= 4 is 45.9 Å². The van der Waals surface area contributed by atoms with E-state index in [0.717, 1.165) is 28.4 Å². The molecule has 1 saturated heterocycles. The Morgan fingerprint density at radius 3 is 2.57 bits per heavy atom.